The topological polar surface area (TPSA) is 58.6 Å². The zero-order valence-electron chi connectivity index (χ0n) is 14.1. The van der Waals surface area contributed by atoms with Crippen molar-refractivity contribution in [2.24, 2.45) is 0 Å². The fourth-order valence-corrected chi connectivity index (χ4v) is 2.26. The number of carbonyl (C=O) groups excluding carboxylic acids is 1. The van der Waals surface area contributed by atoms with Crippen LogP contribution in [0, 0.1) is 6.92 Å². The van der Waals surface area contributed by atoms with E-state index < -0.39 is 23.6 Å². The first-order valence-corrected chi connectivity index (χ1v) is 7.61. The molecule has 1 amide bonds. The summed E-state index contributed by atoms with van der Waals surface area (Å²) in [7, 11) is 0. The summed E-state index contributed by atoms with van der Waals surface area (Å²) in [6, 6.07) is 0.917. The van der Waals surface area contributed by atoms with Crippen LogP contribution >= 0.6 is 0 Å². The summed E-state index contributed by atoms with van der Waals surface area (Å²) in [6.07, 6.45) is -4.94. The van der Waals surface area contributed by atoms with Gasteiger partial charge < -0.3 is 14.5 Å². The lowest BCUT2D eigenvalue weighted by molar-refractivity contribution is -0.141. The van der Waals surface area contributed by atoms with Gasteiger partial charge in [0, 0.05) is 31.9 Å². The molecule has 0 unspecified atom stereocenters. The van der Waals surface area contributed by atoms with E-state index in [1.165, 1.54) is 11.8 Å². The van der Waals surface area contributed by atoms with Gasteiger partial charge >= 0.3 is 12.3 Å². The molecule has 1 aromatic rings. The Morgan fingerprint density at radius 1 is 1.12 bits per heavy atom. The van der Waals surface area contributed by atoms with Gasteiger partial charge in [0.1, 0.15) is 11.3 Å². The molecule has 134 valence electrons. The number of piperazine rings is 1. The monoisotopic (exact) mass is 346 g/mol. The van der Waals surface area contributed by atoms with E-state index in [0.29, 0.717) is 26.2 Å². The highest BCUT2D eigenvalue weighted by Gasteiger charge is 2.34. The zero-order chi connectivity index (χ0) is 18.1. The third kappa shape index (κ3) is 4.72. The Morgan fingerprint density at radius 3 is 2.21 bits per heavy atom. The Hall–Kier alpha value is -2.06. The Kier molecular flexibility index (Phi) is 4.91. The maximum Gasteiger partial charge on any atom is 0.433 e. The van der Waals surface area contributed by atoms with E-state index in [1.807, 2.05) is 0 Å². The molecule has 0 saturated carbocycles. The third-order valence-electron chi connectivity index (χ3n) is 3.35. The van der Waals surface area contributed by atoms with Crippen LogP contribution in [0.1, 0.15) is 32.2 Å². The Labute approximate surface area is 138 Å². The van der Waals surface area contributed by atoms with Crippen molar-refractivity contribution in [2.45, 2.75) is 39.5 Å². The van der Waals surface area contributed by atoms with Crippen LogP contribution in [0.25, 0.3) is 0 Å². The Morgan fingerprint density at radius 2 is 1.71 bits per heavy atom. The van der Waals surface area contributed by atoms with Crippen LogP contribution in [0.4, 0.5) is 23.9 Å². The number of anilines is 1. The standard InChI is InChI=1S/C15H21F3N4O2/c1-10-9-11(15(16,17)18)20-12(19-10)21-5-7-22(8-6-21)13(23)24-14(2,3)4/h9H,5-8H2,1-4H3. The highest BCUT2D eigenvalue weighted by atomic mass is 19.4. The van der Waals surface area contributed by atoms with Crippen LogP contribution < -0.4 is 4.90 Å². The van der Waals surface area contributed by atoms with Crippen LogP contribution in [0.2, 0.25) is 0 Å². The summed E-state index contributed by atoms with van der Waals surface area (Å²) in [5.74, 6) is 0.0335. The highest BCUT2D eigenvalue weighted by molar-refractivity contribution is 5.68. The number of nitrogens with zero attached hydrogens (tertiary/aromatic N) is 4. The van der Waals surface area contributed by atoms with Gasteiger partial charge in [-0.1, -0.05) is 0 Å². The number of rotatable bonds is 1. The molecule has 24 heavy (non-hydrogen) atoms. The quantitative estimate of drug-likeness (QED) is 0.783. The number of halogens is 3. The lowest BCUT2D eigenvalue weighted by Gasteiger charge is -2.35. The fraction of sp³-hybridized carbons (Fsp3) is 0.667. The van der Waals surface area contributed by atoms with Crippen LogP contribution in [-0.2, 0) is 10.9 Å². The number of carbonyl (C=O) groups is 1. The van der Waals surface area contributed by atoms with Crippen molar-refractivity contribution in [1.82, 2.24) is 14.9 Å². The second kappa shape index (κ2) is 6.45. The summed E-state index contributed by atoms with van der Waals surface area (Å²) < 4.78 is 43.9. The van der Waals surface area contributed by atoms with Crippen molar-refractivity contribution < 1.29 is 22.7 Å². The summed E-state index contributed by atoms with van der Waals surface area (Å²) in [6.45, 7) is 8.21. The molecular formula is C15H21F3N4O2. The second-order valence-electron chi connectivity index (χ2n) is 6.65. The number of amides is 1. The minimum Gasteiger partial charge on any atom is -0.444 e. The maximum absolute atomic E-state index is 12.9. The van der Waals surface area contributed by atoms with Crippen LogP contribution in [0.5, 0.6) is 0 Å². The number of aromatic nitrogens is 2. The van der Waals surface area contributed by atoms with Gasteiger partial charge in [-0.15, -0.1) is 0 Å². The van der Waals surface area contributed by atoms with Crippen molar-refractivity contribution in [2.75, 3.05) is 31.1 Å². The van der Waals surface area contributed by atoms with E-state index in [-0.39, 0.29) is 11.6 Å². The van der Waals surface area contributed by atoms with E-state index in [2.05, 4.69) is 9.97 Å². The number of hydrogen-bond acceptors (Lipinski definition) is 5. The largest absolute Gasteiger partial charge is 0.444 e. The molecule has 0 spiro atoms. The molecule has 0 aliphatic carbocycles. The number of hydrogen-bond donors (Lipinski definition) is 0. The SMILES string of the molecule is Cc1cc(C(F)(F)F)nc(N2CCN(C(=O)OC(C)(C)C)CC2)n1. The summed E-state index contributed by atoms with van der Waals surface area (Å²) in [5, 5.41) is 0. The maximum atomic E-state index is 12.9. The van der Waals surface area contributed by atoms with E-state index in [0.717, 1.165) is 6.07 Å². The lowest BCUT2D eigenvalue weighted by atomic mass is 10.2. The molecule has 9 heteroatoms. The van der Waals surface area contributed by atoms with Crippen molar-refractivity contribution in [1.29, 1.82) is 0 Å². The Balaban J connectivity index is 2.05. The van der Waals surface area contributed by atoms with Crippen molar-refractivity contribution >= 4 is 12.0 Å². The van der Waals surface area contributed by atoms with E-state index >= 15 is 0 Å². The molecule has 1 fully saturated rings. The molecule has 2 rings (SSSR count). The fourth-order valence-electron chi connectivity index (χ4n) is 2.26. The van der Waals surface area contributed by atoms with E-state index in [9.17, 15) is 18.0 Å². The van der Waals surface area contributed by atoms with Gasteiger partial charge in [0.15, 0.2) is 0 Å². The molecule has 1 aliphatic rings. The van der Waals surface area contributed by atoms with Gasteiger partial charge in [-0.05, 0) is 33.8 Å². The number of aryl methyl sites for hydroxylation is 1. The van der Waals surface area contributed by atoms with Crippen molar-refractivity contribution in [3.63, 3.8) is 0 Å². The molecular weight excluding hydrogens is 325 g/mol. The smallest absolute Gasteiger partial charge is 0.433 e. The lowest BCUT2D eigenvalue weighted by Crippen LogP contribution is -2.50. The molecule has 6 nitrogen and oxygen atoms in total. The summed E-state index contributed by atoms with van der Waals surface area (Å²) >= 11 is 0. The first-order valence-electron chi connectivity index (χ1n) is 7.61. The summed E-state index contributed by atoms with van der Waals surface area (Å²) in [4.78, 5) is 22.9. The highest BCUT2D eigenvalue weighted by Crippen LogP contribution is 2.29. The predicted molar refractivity (Wildman–Crippen MR) is 81.8 cm³/mol. The molecule has 0 radical (unpaired) electrons. The van der Waals surface area contributed by atoms with Crippen LogP contribution in [0.15, 0.2) is 6.07 Å². The van der Waals surface area contributed by atoms with Crippen LogP contribution in [0.3, 0.4) is 0 Å². The summed E-state index contributed by atoms with van der Waals surface area (Å²) in [5.41, 5.74) is -1.29. The number of ether oxygens (including phenoxy) is 1. The average Bonchev–Trinajstić information content (AvgIpc) is 2.44. The van der Waals surface area contributed by atoms with Crippen molar-refractivity contribution in [3.8, 4) is 0 Å². The molecule has 0 bridgehead atoms. The number of alkyl halides is 3. The van der Waals surface area contributed by atoms with Gasteiger partial charge in [-0.25, -0.2) is 14.8 Å². The normalized spacial score (nSPS) is 16.3. The predicted octanol–water partition coefficient (Wildman–Crippen LogP) is 2.86. The van der Waals surface area contributed by atoms with Gasteiger partial charge in [0.05, 0.1) is 0 Å². The second-order valence-corrected chi connectivity index (χ2v) is 6.65. The van der Waals surface area contributed by atoms with Crippen molar-refractivity contribution in [3.05, 3.63) is 17.5 Å². The minimum absolute atomic E-state index is 0.0335. The Bertz CT molecular complexity index is 606. The molecule has 0 N–H and O–H groups in total. The molecule has 1 aromatic heterocycles. The average molecular weight is 346 g/mol. The third-order valence-corrected chi connectivity index (χ3v) is 3.35. The molecule has 0 aromatic carbocycles. The first kappa shape index (κ1) is 18.3. The van der Waals surface area contributed by atoms with Gasteiger partial charge in [0.25, 0.3) is 0 Å². The van der Waals surface area contributed by atoms with Crippen LogP contribution in [-0.4, -0.2) is 52.7 Å². The molecule has 2 heterocycles. The molecule has 1 aliphatic heterocycles. The molecule has 0 atom stereocenters. The van der Waals surface area contributed by atoms with Gasteiger partial charge in [-0.2, -0.15) is 13.2 Å². The minimum atomic E-state index is -4.51. The van der Waals surface area contributed by atoms with E-state index in [1.54, 1.807) is 25.7 Å². The first-order chi connectivity index (χ1) is 11.0. The van der Waals surface area contributed by atoms with E-state index in [4.69, 9.17) is 4.74 Å². The van der Waals surface area contributed by atoms with Gasteiger partial charge in [-0.3, -0.25) is 0 Å². The van der Waals surface area contributed by atoms with Gasteiger partial charge in [0.2, 0.25) is 5.95 Å². The molecule has 1 saturated heterocycles. The zero-order valence-corrected chi connectivity index (χ0v) is 14.1.